The average Bonchev–Trinajstić information content (AvgIpc) is 2.30. The lowest BCUT2D eigenvalue weighted by molar-refractivity contribution is -0.384. The summed E-state index contributed by atoms with van der Waals surface area (Å²) < 4.78 is 0. The van der Waals surface area contributed by atoms with E-state index in [9.17, 15) is 19.7 Å². The van der Waals surface area contributed by atoms with E-state index in [-0.39, 0.29) is 22.6 Å². The van der Waals surface area contributed by atoms with Crippen molar-refractivity contribution in [2.45, 2.75) is 0 Å². The molecule has 0 unspecified atom stereocenters. The van der Waals surface area contributed by atoms with E-state index in [0.717, 1.165) is 6.07 Å². The van der Waals surface area contributed by atoms with Gasteiger partial charge in [0.25, 0.3) is 11.2 Å². The highest BCUT2D eigenvalue weighted by Crippen LogP contribution is 2.25. The van der Waals surface area contributed by atoms with Crippen LogP contribution in [0.3, 0.4) is 0 Å². The molecule has 0 bridgehead atoms. The normalized spacial score (nSPS) is 10.2. The Morgan fingerprint density at radius 1 is 1.33 bits per heavy atom. The van der Waals surface area contributed by atoms with Crippen LogP contribution in [-0.2, 0) is 0 Å². The van der Waals surface area contributed by atoms with Gasteiger partial charge in [0, 0.05) is 23.4 Å². The number of nitro groups is 1. The number of aromatic amines is 2. The van der Waals surface area contributed by atoms with Crippen LogP contribution in [0.2, 0.25) is 0 Å². The van der Waals surface area contributed by atoms with Crippen LogP contribution in [0.5, 0.6) is 0 Å². The molecular weight excluding hydrogens is 242 g/mol. The number of benzene rings is 1. The van der Waals surface area contributed by atoms with E-state index in [1.54, 1.807) is 0 Å². The Hall–Kier alpha value is -2.97. The number of anilines is 1. The fraction of sp³-hybridized carbons (Fsp3) is 0. The molecule has 0 atom stereocenters. The summed E-state index contributed by atoms with van der Waals surface area (Å²) in [7, 11) is 0. The van der Waals surface area contributed by atoms with Crippen molar-refractivity contribution in [1.82, 2.24) is 15.2 Å². The highest BCUT2D eigenvalue weighted by atomic mass is 16.6. The Morgan fingerprint density at radius 3 is 2.67 bits per heavy atom. The molecule has 0 aliphatic carbocycles. The minimum atomic E-state index is -0.772. The molecule has 2 aromatic rings. The number of non-ortho nitro benzene ring substituents is 1. The predicted molar refractivity (Wildman–Crippen MR) is 62.0 cm³/mol. The molecular formula is C9H7N5O4. The van der Waals surface area contributed by atoms with Gasteiger partial charge in [0.2, 0.25) is 0 Å². The summed E-state index contributed by atoms with van der Waals surface area (Å²) in [6.07, 6.45) is 0. The van der Waals surface area contributed by atoms with E-state index >= 15 is 0 Å². The number of rotatable bonds is 2. The molecule has 0 saturated carbocycles. The SMILES string of the molecule is Nc1ccc([N+](=O)[O-])cc1-c1n[nH]c(=O)[nH]c1=O. The van der Waals surface area contributed by atoms with Crippen LogP contribution in [-0.4, -0.2) is 20.1 Å². The number of nitrogens with zero attached hydrogens (tertiary/aromatic N) is 2. The van der Waals surface area contributed by atoms with Gasteiger partial charge in [-0.1, -0.05) is 0 Å². The maximum absolute atomic E-state index is 11.5. The van der Waals surface area contributed by atoms with Crippen molar-refractivity contribution in [3.63, 3.8) is 0 Å². The third kappa shape index (κ3) is 1.96. The van der Waals surface area contributed by atoms with Crippen LogP contribution in [0.4, 0.5) is 11.4 Å². The highest BCUT2D eigenvalue weighted by molar-refractivity contribution is 5.75. The van der Waals surface area contributed by atoms with Crippen molar-refractivity contribution in [1.29, 1.82) is 0 Å². The van der Waals surface area contributed by atoms with Gasteiger partial charge in [-0.05, 0) is 6.07 Å². The van der Waals surface area contributed by atoms with E-state index in [2.05, 4.69) is 5.10 Å². The molecule has 0 amide bonds. The van der Waals surface area contributed by atoms with Crippen LogP contribution in [0.1, 0.15) is 0 Å². The Bertz CT molecular complexity index is 732. The predicted octanol–water partition coefficient (Wildman–Crippen LogP) is -0.384. The van der Waals surface area contributed by atoms with Crippen LogP contribution in [0.15, 0.2) is 27.8 Å². The molecule has 0 aliphatic heterocycles. The van der Waals surface area contributed by atoms with E-state index in [0.29, 0.717) is 0 Å². The molecule has 0 aliphatic rings. The first-order valence-electron chi connectivity index (χ1n) is 4.72. The van der Waals surface area contributed by atoms with Gasteiger partial charge < -0.3 is 5.73 Å². The zero-order valence-corrected chi connectivity index (χ0v) is 8.84. The molecule has 4 N–H and O–H groups in total. The monoisotopic (exact) mass is 249 g/mol. The number of nitrogens with two attached hydrogens (primary N) is 1. The van der Waals surface area contributed by atoms with Gasteiger partial charge in [0.1, 0.15) is 0 Å². The lowest BCUT2D eigenvalue weighted by Gasteiger charge is -2.02. The van der Waals surface area contributed by atoms with Crippen LogP contribution in [0, 0.1) is 10.1 Å². The van der Waals surface area contributed by atoms with Gasteiger partial charge in [-0.25, -0.2) is 9.89 Å². The summed E-state index contributed by atoms with van der Waals surface area (Å²) in [6, 6.07) is 3.61. The number of nitrogen functional groups attached to an aromatic ring is 1. The summed E-state index contributed by atoms with van der Waals surface area (Å²) in [6.45, 7) is 0. The molecule has 0 spiro atoms. The molecule has 9 nitrogen and oxygen atoms in total. The Balaban J connectivity index is 2.70. The second kappa shape index (κ2) is 4.13. The number of hydrogen-bond acceptors (Lipinski definition) is 6. The summed E-state index contributed by atoms with van der Waals surface area (Å²) in [4.78, 5) is 34.3. The molecule has 2 rings (SSSR count). The fourth-order valence-corrected chi connectivity index (χ4v) is 1.39. The molecule has 0 fully saturated rings. The van der Waals surface area contributed by atoms with Gasteiger partial charge in [-0.2, -0.15) is 5.10 Å². The maximum atomic E-state index is 11.5. The smallest absolute Gasteiger partial charge is 0.342 e. The third-order valence-electron chi connectivity index (χ3n) is 2.21. The third-order valence-corrected chi connectivity index (χ3v) is 2.21. The van der Waals surface area contributed by atoms with Crippen molar-refractivity contribution in [3.8, 4) is 11.3 Å². The fourth-order valence-electron chi connectivity index (χ4n) is 1.39. The quantitative estimate of drug-likeness (QED) is 0.375. The number of nitrogens with one attached hydrogen (secondary N) is 2. The van der Waals surface area contributed by atoms with Crippen molar-refractivity contribution in [2.24, 2.45) is 0 Å². The van der Waals surface area contributed by atoms with E-state index in [4.69, 9.17) is 5.73 Å². The van der Waals surface area contributed by atoms with Crippen LogP contribution < -0.4 is 17.0 Å². The van der Waals surface area contributed by atoms with E-state index in [1.165, 1.54) is 12.1 Å². The lowest BCUT2D eigenvalue weighted by atomic mass is 10.1. The Kier molecular flexibility index (Phi) is 2.64. The minimum Gasteiger partial charge on any atom is -0.398 e. The first-order valence-corrected chi connectivity index (χ1v) is 4.72. The largest absolute Gasteiger partial charge is 0.398 e. The number of aromatic nitrogens is 3. The highest BCUT2D eigenvalue weighted by Gasteiger charge is 2.14. The van der Waals surface area contributed by atoms with Gasteiger partial charge in [0.05, 0.1) is 4.92 Å². The summed E-state index contributed by atoms with van der Waals surface area (Å²) in [5.41, 5.74) is 3.89. The zero-order valence-electron chi connectivity index (χ0n) is 8.84. The van der Waals surface area contributed by atoms with Crippen molar-refractivity contribution >= 4 is 11.4 Å². The molecule has 0 saturated heterocycles. The van der Waals surface area contributed by atoms with Crippen LogP contribution in [0.25, 0.3) is 11.3 Å². The van der Waals surface area contributed by atoms with Gasteiger partial charge >= 0.3 is 5.69 Å². The lowest BCUT2D eigenvalue weighted by Crippen LogP contribution is -2.25. The van der Waals surface area contributed by atoms with Crippen molar-refractivity contribution in [2.75, 3.05) is 5.73 Å². The van der Waals surface area contributed by atoms with Gasteiger partial charge in [-0.3, -0.25) is 19.9 Å². The molecule has 92 valence electrons. The second-order valence-electron chi connectivity index (χ2n) is 3.38. The van der Waals surface area contributed by atoms with Crippen LogP contribution >= 0.6 is 0 Å². The molecule has 1 aromatic heterocycles. The molecule has 0 radical (unpaired) electrons. The van der Waals surface area contributed by atoms with E-state index in [1.807, 2.05) is 10.1 Å². The molecule has 9 heteroatoms. The van der Waals surface area contributed by atoms with E-state index < -0.39 is 16.2 Å². The number of H-pyrrole nitrogens is 2. The van der Waals surface area contributed by atoms with Gasteiger partial charge in [-0.15, -0.1) is 0 Å². The number of hydrogen-bond donors (Lipinski definition) is 3. The second-order valence-corrected chi connectivity index (χ2v) is 3.38. The topological polar surface area (TPSA) is 148 Å². The van der Waals surface area contributed by atoms with Crippen molar-refractivity contribution in [3.05, 3.63) is 49.2 Å². The summed E-state index contributed by atoms with van der Waals surface area (Å²) in [5.74, 6) is 0. The minimum absolute atomic E-state index is 0.0849. The summed E-state index contributed by atoms with van der Waals surface area (Å²) >= 11 is 0. The average molecular weight is 249 g/mol. The van der Waals surface area contributed by atoms with Crippen molar-refractivity contribution < 1.29 is 4.92 Å². The Labute approximate surface area is 98.4 Å². The standard InChI is InChI=1S/C9H7N5O4/c10-6-2-1-4(14(17)18)3-5(6)7-8(15)11-9(16)13-12-7/h1-3H,10H2,(H2,11,13,15,16). The first kappa shape index (κ1) is 11.5. The molecule has 1 aromatic carbocycles. The number of nitro benzene ring substituents is 1. The first-order chi connectivity index (χ1) is 8.49. The Morgan fingerprint density at radius 2 is 2.06 bits per heavy atom. The van der Waals surface area contributed by atoms with Gasteiger partial charge in [0.15, 0.2) is 5.69 Å². The molecule has 18 heavy (non-hydrogen) atoms. The zero-order chi connectivity index (χ0) is 13.3. The molecule has 1 heterocycles. The maximum Gasteiger partial charge on any atom is 0.342 e. The summed E-state index contributed by atoms with van der Waals surface area (Å²) in [5, 5.41) is 16.2.